The van der Waals surface area contributed by atoms with Gasteiger partial charge in [-0.3, -0.25) is 19.3 Å². The van der Waals surface area contributed by atoms with Crippen LogP contribution in [0.4, 0.5) is 10.1 Å². The number of nitrogens with zero attached hydrogens (tertiary/aromatic N) is 2. The Bertz CT molecular complexity index is 1620. The number of phenols is 1. The fourth-order valence-electron chi connectivity index (χ4n) is 6.60. The maximum Gasteiger partial charge on any atom is 0.255 e. The summed E-state index contributed by atoms with van der Waals surface area (Å²) in [6.07, 6.45) is 3.43. The molecule has 3 aliphatic rings. The highest BCUT2D eigenvalue weighted by Gasteiger charge is 2.64. The number of phenolic OH excluding ortho intramolecular Hbond substituents is 1. The first-order chi connectivity index (χ1) is 19.7. The zero-order chi connectivity index (χ0) is 30.8. The van der Waals surface area contributed by atoms with Gasteiger partial charge in [-0.15, -0.1) is 0 Å². The van der Waals surface area contributed by atoms with E-state index in [0.717, 1.165) is 0 Å². The Hall–Kier alpha value is -4.48. The lowest BCUT2D eigenvalue weighted by Crippen LogP contribution is -2.65. The van der Waals surface area contributed by atoms with E-state index < -0.39 is 63.9 Å². The van der Waals surface area contributed by atoms with Crippen LogP contribution in [0.2, 0.25) is 0 Å². The predicted octanol–water partition coefficient (Wildman–Crippen LogP) is 2.34. The number of aliphatic hydroxyl groups excluding tert-OH is 2. The van der Waals surface area contributed by atoms with Crippen LogP contribution in [-0.2, 0) is 20.8 Å². The van der Waals surface area contributed by atoms with E-state index in [9.17, 15) is 39.2 Å². The fourth-order valence-corrected chi connectivity index (χ4v) is 6.60. The molecule has 0 saturated heterocycles. The lowest BCUT2D eigenvalue weighted by molar-refractivity contribution is -0.153. The molecule has 11 heteroatoms. The van der Waals surface area contributed by atoms with Crippen LogP contribution in [0.5, 0.6) is 5.75 Å². The Morgan fingerprint density at radius 3 is 2.29 bits per heavy atom. The molecule has 0 bridgehead atoms. The van der Waals surface area contributed by atoms with Crippen LogP contribution >= 0.6 is 0 Å². The molecule has 0 radical (unpaired) electrons. The van der Waals surface area contributed by atoms with Gasteiger partial charge in [-0.1, -0.05) is 24.3 Å². The Labute approximate surface area is 241 Å². The molecule has 2 aromatic carbocycles. The van der Waals surface area contributed by atoms with Crippen molar-refractivity contribution in [2.75, 3.05) is 33.1 Å². The number of carbonyl (C=O) groups excluding carboxylic acids is 3. The molecule has 0 spiro atoms. The monoisotopic (exact) mass is 577 g/mol. The predicted molar refractivity (Wildman–Crippen MR) is 154 cm³/mol. The summed E-state index contributed by atoms with van der Waals surface area (Å²) in [5.74, 6) is -7.39. The van der Waals surface area contributed by atoms with E-state index in [4.69, 9.17) is 5.73 Å². The second-order valence-electron chi connectivity index (χ2n) is 11.4. The van der Waals surface area contributed by atoms with E-state index in [-0.39, 0.29) is 29.7 Å². The molecule has 0 aliphatic heterocycles. The molecule has 5 rings (SSSR count). The highest BCUT2D eigenvalue weighted by molar-refractivity contribution is 6.24. The van der Waals surface area contributed by atoms with Gasteiger partial charge >= 0.3 is 0 Å². The number of hydrogen-bond acceptors (Lipinski definition) is 9. The number of carbonyl (C=O) groups is 3. The van der Waals surface area contributed by atoms with E-state index in [2.05, 4.69) is 0 Å². The highest BCUT2D eigenvalue weighted by atomic mass is 19.1. The van der Waals surface area contributed by atoms with Crippen LogP contribution in [-0.4, -0.2) is 82.6 Å². The van der Waals surface area contributed by atoms with Gasteiger partial charge in [0.2, 0.25) is 5.78 Å². The van der Waals surface area contributed by atoms with Crippen LogP contribution < -0.4 is 10.6 Å². The largest absolute Gasteiger partial charge is 0.508 e. The van der Waals surface area contributed by atoms with Crippen LogP contribution in [0.1, 0.15) is 28.7 Å². The van der Waals surface area contributed by atoms with Gasteiger partial charge in [0, 0.05) is 36.8 Å². The van der Waals surface area contributed by atoms with Crippen molar-refractivity contribution in [3.63, 3.8) is 0 Å². The Morgan fingerprint density at radius 1 is 1.07 bits per heavy atom. The number of Topliss-reactive ketones (excluding diaryl/α,β-unsaturated/α-hetero) is 2. The summed E-state index contributed by atoms with van der Waals surface area (Å²) in [5.41, 5.74) is 3.77. The topological polar surface area (TPSA) is 165 Å². The summed E-state index contributed by atoms with van der Waals surface area (Å²) in [6.45, 7) is 0. The third-order valence-electron chi connectivity index (χ3n) is 8.53. The van der Waals surface area contributed by atoms with E-state index in [0.29, 0.717) is 22.4 Å². The number of fused-ring (bicyclic) bond motifs is 3. The number of nitrogens with two attached hydrogens (primary N) is 1. The summed E-state index contributed by atoms with van der Waals surface area (Å²) >= 11 is 0. The molecular weight excluding hydrogens is 545 g/mol. The average Bonchev–Trinajstić information content (AvgIpc) is 2.90. The third kappa shape index (κ3) is 4.19. The molecule has 3 aliphatic carbocycles. The van der Waals surface area contributed by atoms with Gasteiger partial charge in [0.25, 0.3) is 5.91 Å². The SMILES string of the molecule is CN(C)c1cc(/C=C/c2ccc(F)cc2)c(O)c2c1CC1CC3C(N(C)C)C(=O)C(C(N)=O)=C(O)C3(O)C(=O)C1=C2O. The summed E-state index contributed by atoms with van der Waals surface area (Å²) in [7, 11) is 6.68. The Kier molecular flexibility index (Phi) is 6.99. The van der Waals surface area contributed by atoms with Crippen molar-refractivity contribution >= 4 is 41.1 Å². The second-order valence-corrected chi connectivity index (χ2v) is 11.4. The van der Waals surface area contributed by atoms with Gasteiger partial charge in [0.15, 0.2) is 11.4 Å². The Morgan fingerprint density at radius 2 is 1.71 bits per heavy atom. The fraction of sp³-hybridized carbons (Fsp3) is 0.323. The lowest BCUT2D eigenvalue weighted by atomic mass is 9.57. The zero-order valence-corrected chi connectivity index (χ0v) is 23.6. The number of aliphatic hydroxyl groups is 3. The second kappa shape index (κ2) is 10.1. The molecule has 4 unspecified atom stereocenters. The maximum absolute atomic E-state index is 14.1. The lowest BCUT2D eigenvalue weighted by Gasteiger charge is -2.50. The van der Waals surface area contributed by atoms with Gasteiger partial charge in [-0.2, -0.15) is 0 Å². The van der Waals surface area contributed by atoms with Crippen LogP contribution in [0.25, 0.3) is 17.9 Å². The number of halogens is 1. The van der Waals surface area contributed by atoms with E-state index >= 15 is 0 Å². The first kappa shape index (κ1) is 29.0. The van der Waals surface area contributed by atoms with Crippen LogP contribution in [0.3, 0.4) is 0 Å². The standard InChI is InChI=1S/C31H32FN3O7/c1-34(2)20-13-15(8-5-14-6-9-17(32)10-7-14)25(36)22-18(20)11-16-12-19-24(35(3)4)27(38)23(30(33)41)29(40)31(19,42)28(39)21(16)26(22)37/h5-10,13,16,19,24,36-37,40,42H,11-12H2,1-4H3,(H2,33,41)/b8-5+. The number of hydrogen-bond donors (Lipinski definition) is 5. The molecule has 220 valence electrons. The molecule has 0 heterocycles. The molecule has 10 nitrogen and oxygen atoms in total. The number of ketones is 2. The number of benzene rings is 2. The molecular formula is C31H32FN3O7. The zero-order valence-electron chi connectivity index (χ0n) is 23.6. The van der Waals surface area contributed by atoms with E-state index in [1.165, 1.54) is 17.0 Å². The molecule has 42 heavy (non-hydrogen) atoms. The number of rotatable bonds is 5. The van der Waals surface area contributed by atoms with E-state index in [1.54, 1.807) is 63.4 Å². The van der Waals surface area contributed by atoms with Gasteiger partial charge in [0.05, 0.1) is 11.6 Å². The van der Waals surface area contributed by atoms with Crippen molar-refractivity contribution in [3.8, 4) is 5.75 Å². The van der Waals surface area contributed by atoms with Gasteiger partial charge in [0.1, 0.15) is 28.7 Å². The molecule has 6 N–H and O–H groups in total. The minimum atomic E-state index is -2.70. The van der Waals surface area contributed by atoms with Crippen molar-refractivity contribution in [1.82, 2.24) is 4.90 Å². The molecule has 1 fully saturated rings. The number of anilines is 1. The first-order valence-electron chi connectivity index (χ1n) is 13.3. The molecule has 4 atom stereocenters. The average molecular weight is 578 g/mol. The van der Waals surface area contributed by atoms with Crippen LogP contribution in [0.15, 0.2) is 47.2 Å². The smallest absolute Gasteiger partial charge is 0.255 e. The van der Waals surface area contributed by atoms with Gasteiger partial charge in [-0.05, 0) is 62.2 Å². The minimum absolute atomic E-state index is 0.00348. The van der Waals surface area contributed by atoms with Gasteiger partial charge < -0.3 is 31.1 Å². The summed E-state index contributed by atoms with van der Waals surface area (Å²) in [4.78, 5) is 42.7. The quantitative estimate of drug-likeness (QED) is 0.265. The van der Waals surface area contributed by atoms with Crippen molar-refractivity contribution < 1.29 is 39.2 Å². The third-order valence-corrected chi connectivity index (χ3v) is 8.53. The minimum Gasteiger partial charge on any atom is -0.508 e. The number of primary amides is 1. The van der Waals surface area contributed by atoms with E-state index in [1.807, 2.05) is 0 Å². The van der Waals surface area contributed by atoms with Crippen molar-refractivity contribution in [2.24, 2.45) is 17.6 Å². The molecule has 0 aromatic heterocycles. The maximum atomic E-state index is 14.1. The van der Waals surface area contributed by atoms with Crippen molar-refractivity contribution in [3.05, 3.63) is 75.3 Å². The van der Waals surface area contributed by atoms with Crippen molar-refractivity contribution in [1.29, 1.82) is 0 Å². The molecule has 2 aromatic rings. The molecule has 1 amide bonds. The van der Waals surface area contributed by atoms with Crippen molar-refractivity contribution in [2.45, 2.75) is 24.5 Å². The number of amides is 1. The summed E-state index contributed by atoms with van der Waals surface area (Å²) in [6, 6.07) is 6.30. The van der Waals surface area contributed by atoms with Gasteiger partial charge in [-0.25, -0.2) is 4.39 Å². The summed E-state index contributed by atoms with van der Waals surface area (Å²) < 4.78 is 13.3. The molecule has 1 saturated carbocycles. The number of aromatic hydroxyl groups is 1. The van der Waals surface area contributed by atoms with Crippen LogP contribution in [0, 0.1) is 17.7 Å². The first-order valence-corrected chi connectivity index (χ1v) is 13.3. The summed E-state index contributed by atoms with van der Waals surface area (Å²) in [5, 5.41) is 45.7. The highest BCUT2D eigenvalue weighted by Crippen LogP contribution is 2.54. The normalized spacial score (nSPS) is 25.5. The Balaban J connectivity index is 1.70. The number of likely N-dealkylation sites (N-methyl/N-ethyl adjacent to an activating group) is 1.